The van der Waals surface area contributed by atoms with E-state index in [2.05, 4.69) is 15.6 Å². The second-order valence-corrected chi connectivity index (χ2v) is 6.35. The summed E-state index contributed by atoms with van der Waals surface area (Å²) in [6.45, 7) is 5.43. The molecule has 2 heterocycles. The van der Waals surface area contributed by atoms with E-state index in [9.17, 15) is 9.59 Å². The molecule has 6 nitrogen and oxygen atoms in total. The molecule has 7 heteroatoms. The number of nitrogens with zero attached hydrogens (tertiary/aromatic N) is 2. The van der Waals surface area contributed by atoms with E-state index in [1.807, 2.05) is 35.8 Å². The smallest absolute Gasteiger partial charge is 0.275 e. The van der Waals surface area contributed by atoms with Gasteiger partial charge < -0.3 is 10.6 Å². The predicted octanol–water partition coefficient (Wildman–Crippen LogP) is 3.48. The fourth-order valence-corrected chi connectivity index (χ4v) is 3.32. The minimum absolute atomic E-state index is 0.152. The number of hydrogen-bond acceptors (Lipinski definition) is 4. The Hall–Kier alpha value is -2.67. The lowest BCUT2D eigenvalue weighted by Gasteiger charge is -2.11. The van der Waals surface area contributed by atoms with E-state index in [0.717, 1.165) is 22.6 Å². The van der Waals surface area contributed by atoms with Crippen LogP contribution in [-0.2, 0) is 11.2 Å². The Labute approximate surface area is 143 Å². The van der Waals surface area contributed by atoms with Crippen molar-refractivity contribution in [3.05, 3.63) is 46.7 Å². The number of imidazole rings is 1. The number of amides is 2. The lowest BCUT2D eigenvalue weighted by atomic mass is 10.1. The molecule has 1 aromatic carbocycles. The SMILES string of the molecule is CCc1ccc(NC(C)=O)cc1NC(=O)c1cn2c(C)csc2n1. The van der Waals surface area contributed by atoms with Crippen LogP contribution in [0.15, 0.2) is 29.8 Å². The van der Waals surface area contributed by atoms with Gasteiger partial charge in [-0.05, 0) is 31.0 Å². The van der Waals surface area contributed by atoms with Crippen LogP contribution in [-0.4, -0.2) is 21.2 Å². The van der Waals surface area contributed by atoms with Gasteiger partial charge >= 0.3 is 0 Å². The van der Waals surface area contributed by atoms with Crippen molar-refractivity contribution in [1.82, 2.24) is 9.38 Å². The first-order valence-electron chi connectivity index (χ1n) is 7.63. The number of anilines is 2. The topological polar surface area (TPSA) is 75.5 Å². The molecule has 3 aromatic rings. The first-order chi connectivity index (χ1) is 11.5. The molecule has 0 fully saturated rings. The van der Waals surface area contributed by atoms with Crippen LogP contribution >= 0.6 is 11.3 Å². The molecule has 24 heavy (non-hydrogen) atoms. The van der Waals surface area contributed by atoms with E-state index in [1.54, 1.807) is 12.3 Å². The number of nitrogens with one attached hydrogen (secondary N) is 2. The summed E-state index contributed by atoms with van der Waals surface area (Å²) in [6.07, 6.45) is 2.51. The lowest BCUT2D eigenvalue weighted by Crippen LogP contribution is -2.14. The van der Waals surface area contributed by atoms with E-state index in [-0.39, 0.29) is 11.8 Å². The van der Waals surface area contributed by atoms with Crippen molar-refractivity contribution in [2.75, 3.05) is 10.6 Å². The number of carbonyl (C=O) groups excluding carboxylic acids is 2. The molecule has 2 aromatic heterocycles. The summed E-state index contributed by atoms with van der Waals surface area (Å²) in [5.74, 6) is -0.415. The summed E-state index contributed by atoms with van der Waals surface area (Å²) >= 11 is 1.50. The average molecular weight is 342 g/mol. The minimum Gasteiger partial charge on any atom is -0.326 e. The van der Waals surface area contributed by atoms with Gasteiger partial charge in [0.2, 0.25) is 5.91 Å². The van der Waals surface area contributed by atoms with Gasteiger partial charge in [0.15, 0.2) is 4.96 Å². The quantitative estimate of drug-likeness (QED) is 0.762. The summed E-state index contributed by atoms with van der Waals surface area (Å²) in [7, 11) is 0. The zero-order valence-corrected chi connectivity index (χ0v) is 14.5. The number of aryl methyl sites for hydroxylation is 2. The van der Waals surface area contributed by atoms with Gasteiger partial charge in [-0.15, -0.1) is 11.3 Å². The van der Waals surface area contributed by atoms with Gasteiger partial charge in [-0.2, -0.15) is 0 Å². The molecule has 0 aliphatic carbocycles. The number of hydrogen-bond donors (Lipinski definition) is 2. The number of fused-ring (bicyclic) bond motifs is 1. The van der Waals surface area contributed by atoms with Crippen LogP contribution in [0.25, 0.3) is 4.96 Å². The summed E-state index contributed by atoms with van der Waals surface area (Å²) in [4.78, 5) is 28.9. The average Bonchev–Trinajstić information content (AvgIpc) is 3.10. The van der Waals surface area contributed by atoms with Crippen LogP contribution in [0.2, 0.25) is 0 Å². The van der Waals surface area contributed by atoms with Crippen LogP contribution in [0, 0.1) is 6.92 Å². The lowest BCUT2D eigenvalue weighted by molar-refractivity contribution is -0.114. The first-order valence-corrected chi connectivity index (χ1v) is 8.51. The van der Waals surface area contributed by atoms with E-state index < -0.39 is 0 Å². The van der Waals surface area contributed by atoms with Crippen molar-refractivity contribution in [2.45, 2.75) is 27.2 Å². The fourth-order valence-electron chi connectivity index (χ4n) is 2.47. The van der Waals surface area contributed by atoms with Gasteiger partial charge in [-0.3, -0.25) is 14.0 Å². The number of rotatable bonds is 4. The van der Waals surface area contributed by atoms with Crippen LogP contribution in [0.5, 0.6) is 0 Å². The molecule has 3 rings (SSSR count). The molecule has 0 saturated heterocycles. The Morgan fingerprint density at radius 2 is 2.08 bits per heavy atom. The van der Waals surface area contributed by atoms with E-state index in [4.69, 9.17) is 0 Å². The maximum Gasteiger partial charge on any atom is 0.275 e. The van der Waals surface area contributed by atoms with Gasteiger partial charge in [0.1, 0.15) is 5.69 Å². The van der Waals surface area contributed by atoms with Gasteiger partial charge in [0.25, 0.3) is 5.91 Å². The minimum atomic E-state index is -0.264. The number of carbonyl (C=O) groups is 2. The van der Waals surface area contributed by atoms with Crippen LogP contribution in [0.4, 0.5) is 11.4 Å². The van der Waals surface area contributed by atoms with Gasteiger partial charge in [0.05, 0.1) is 0 Å². The zero-order chi connectivity index (χ0) is 17.3. The Kier molecular flexibility index (Phi) is 4.35. The van der Waals surface area contributed by atoms with E-state index >= 15 is 0 Å². The molecular weight excluding hydrogens is 324 g/mol. The fraction of sp³-hybridized carbons (Fsp3) is 0.235. The highest BCUT2D eigenvalue weighted by Crippen LogP contribution is 2.23. The highest BCUT2D eigenvalue weighted by atomic mass is 32.1. The zero-order valence-electron chi connectivity index (χ0n) is 13.7. The molecule has 2 amide bonds. The van der Waals surface area contributed by atoms with E-state index in [0.29, 0.717) is 17.1 Å². The molecule has 0 aliphatic rings. The highest BCUT2D eigenvalue weighted by Gasteiger charge is 2.14. The van der Waals surface area contributed by atoms with Crippen LogP contribution < -0.4 is 10.6 Å². The monoisotopic (exact) mass is 342 g/mol. The summed E-state index contributed by atoms with van der Waals surface area (Å²) < 4.78 is 1.90. The maximum atomic E-state index is 12.5. The Balaban J connectivity index is 1.88. The predicted molar refractivity (Wildman–Crippen MR) is 95.9 cm³/mol. The van der Waals surface area contributed by atoms with Gasteiger partial charge in [-0.1, -0.05) is 13.0 Å². The molecule has 0 spiro atoms. The van der Waals surface area contributed by atoms with Crippen LogP contribution in [0.1, 0.15) is 35.6 Å². The third kappa shape index (κ3) is 3.16. The number of thiazole rings is 1. The number of aromatic nitrogens is 2. The summed E-state index contributed by atoms with van der Waals surface area (Å²) in [5.41, 5.74) is 3.74. The Morgan fingerprint density at radius 3 is 2.75 bits per heavy atom. The second-order valence-electron chi connectivity index (χ2n) is 5.52. The molecule has 0 atom stereocenters. The van der Waals surface area contributed by atoms with Crippen molar-refractivity contribution in [1.29, 1.82) is 0 Å². The van der Waals surface area contributed by atoms with Crippen LogP contribution in [0.3, 0.4) is 0 Å². The standard InChI is InChI=1S/C17H18N4O2S/c1-4-12-5-6-13(18-11(3)22)7-14(12)19-16(23)15-8-21-10(2)9-24-17(21)20-15/h5-9H,4H2,1-3H3,(H,18,22)(H,19,23). The molecule has 124 valence electrons. The van der Waals surface area contributed by atoms with Crippen molar-refractivity contribution in [3.63, 3.8) is 0 Å². The van der Waals surface area contributed by atoms with Gasteiger partial charge in [0, 0.05) is 35.6 Å². The maximum absolute atomic E-state index is 12.5. The number of benzene rings is 1. The molecule has 0 aliphatic heterocycles. The van der Waals surface area contributed by atoms with Crippen molar-refractivity contribution >= 4 is 39.5 Å². The Morgan fingerprint density at radius 1 is 1.29 bits per heavy atom. The third-order valence-electron chi connectivity index (χ3n) is 3.68. The third-order valence-corrected chi connectivity index (χ3v) is 4.64. The summed E-state index contributed by atoms with van der Waals surface area (Å²) in [5, 5.41) is 7.62. The Bertz CT molecular complexity index is 926. The second kappa shape index (κ2) is 6.45. The summed E-state index contributed by atoms with van der Waals surface area (Å²) in [6, 6.07) is 5.49. The largest absolute Gasteiger partial charge is 0.326 e. The molecule has 2 N–H and O–H groups in total. The highest BCUT2D eigenvalue weighted by molar-refractivity contribution is 7.15. The molecule has 0 radical (unpaired) electrons. The van der Waals surface area contributed by atoms with Crippen molar-refractivity contribution in [3.8, 4) is 0 Å². The molecular formula is C17H18N4O2S. The van der Waals surface area contributed by atoms with Crippen molar-refractivity contribution in [2.24, 2.45) is 0 Å². The van der Waals surface area contributed by atoms with Gasteiger partial charge in [-0.25, -0.2) is 4.98 Å². The first kappa shape index (κ1) is 16.2. The van der Waals surface area contributed by atoms with E-state index in [1.165, 1.54) is 18.3 Å². The molecule has 0 bridgehead atoms. The molecule has 0 saturated carbocycles. The van der Waals surface area contributed by atoms with Crippen molar-refractivity contribution < 1.29 is 9.59 Å². The normalized spacial score (nSPS) is 10.8. The molecule has 0 unspecified atom stereocenters.